The molecular formula is C24H32N4O3. The summed E-state index contributed by atoms with van der Waals surface area (Å²) >= 11 is 0. The van der Waals surface area contributed by atoms with Gasteiger partial charge in [-0.15, -0.1) is 0 Å². The minimum absolute atomic E-state index is 0.261. The summed E-state index contributed by atoms with van der Waals surface area (Å²) in [5, 5.41) is 0. The topological polar surface area (TPSA) is 50.2 Å². The van der Waals surface area contributed by atoms with Gasteiger partial charge in [0.05, 0.1) is 6.42 Å². The second-order valence-corrected chi connectivity index (χ2v) is 9.00. The van der Waals surface area contributed by atoms with Crippen LogP contribution in [0.5, 0.6) is 11.5 Å². The Bertz CT molecular complexity index is 919. The Morgan fingerprint density at radius 1 is 1.03 bits per heavy atom. The smallest absolute Gasteiger partial charge is 0.231 e. The van der Waals surface area contributed by atoms with E-state index in [-0.39, 0.29) is 5.91 Å². The molecule has 1 unspecified atom stereocenters. The van der Waals surface area contributed by atoms with Gasteiger partial charge in [-0.2, -0.15) is 0 Å². The molecule has 4 heterocycles. The maximum Gasteiger partial charge on any atom is 0.231 e. The fourth-order valence-electron chi connectivity index (χ4n) is 5.02. The molecule has 5 rings (SSSR count). The number of piperidine rings is 1. The number of amides is 1. The highest BCUT2D eigenvalue weighted by Gasteiger charge is 2.30. The Morgan fingerprint density at radius 3 is 2.68 bits per heavy atom. The van der Waals surface area contributed by atoms with E-state index in [1.165, 1.54) is 12.0 Å². The largest absolute Gasteiger partial charge is 0.454 e. The molecule has 1 atom stereocenters. The summed E-state index contributed by atoms with van der Waals surface area (Å²) in [5.74, 6) is 1.97. The van der Waals surface area contributed by atoms with Crippen molar-refractivity contribution < 1.29 is 14.3 Å². The van der Waals surface area contributed by atoms with E-state index in [0.717, 1.165) is 69.3 Å². The van der Waals surface area contributed by atoms with E-state index >= 15 is 0 Å². The van der Waals surface area contributed by atoms with Crippen LogP contribution < -0.4 is 9.47 Å². The fourth-order valence-corrected chi connectivity index (χ4v) is 5.02. The standard InChI is InChI=1S/C24H32N4O3/c1-25-8-6-20(15-25)14-24(29)28-7-2-3-21(17-28)27-11-9-26(10-12-27)16-19-4-5-22-23(13-19)31-18-30-22/h4-6,8,13,15,21H,2-3,7,9-12,14,16-18H2,1H3. The molecular weight excluding hydrogens is 392 g/mol. The molecule has 1 aromatic carbocycles. The van der Waals surface area contributed by atoms with Gasteiger partial charge < -0.3 is 18.9 Å². The molecule has 0 spiro atoms. The third kappa shape index (κ3) is 4.72. The number of aromatic nitrogens is 1. The van der Waals surface area contributed by atoms with E-state index in [1.54, 1.807) is 0 Å². The summed E-state index contributed by atoms with van der Waals surface area (Å²) < 4.78 is 12.9. The molecule has 166 valence electrons. The molecule has 7 heteroatoms. The molecule has 0 aliphatic carbocycles. The fraction of sp³-hybridized carbons (Fsp3) is 0.542. The molecule has 2 fully saturated rings. The average molecular weight is 425 g/mol. The van der Waals surface area contributed by atoms with Gasteiger partial charge in [0, 0.05) is 71.3 Å². The zero-order valence-corrected chi connectivity index (χ0v) is 18.3. The number of benzene rings is 1. The lowest BCUT2D eigenvalue weighted by Gasteiger charge is -2.43. The van der Waals surface area contributed by atoms with Gasteiger partial charge in [-0.25, -0.2) is 0 Å². The molecule has 1 amide bonds. The number of carbonyl (C=O) groups is 1. The maximum absolute atomic E-state index is 12.8. The summed E-state index contributed by atoms with van der Waals surface area (Å²) in [6.07, 6.45) is 6.85. The Labute approximate surface area is 184 Å². The van der Waals surface area contributed by atoms with Crippen LogP contribution >= 0.6 is 0 Å². The number of hydrogen-bond donors (Lipinski definition) is 0. The summed E-state index contributed by atoms with van der Waals surface area (Å²) in [6.45, 7) is 7.28. The normalized spacial score (nSPS) is 22.1. The third-order valence-electron chi connectivity index (χ3n) is 6.76. The van der Waals surface area contributed by atoms with Crippen molar-refractivity contribution in [2.75, 3.05) is 46.1 Å². The van der Waals surface area contributed by atoms with Gasteiger partial charge in [-0.3, -0.25) is 14.6 Å². The SMILES string of the molecule is Cn1ccc(CC(=O)N2CCCC(N3CCN(Cc4ccc5c(c4)OCO5)CC3)C2)c1. The number of hydrogen-bond acceptors (Lipinski definition) is 5. The Kier molecular flexibility index (Phi) is 5.87. The van der Waals surface area contributed by atoms with Crippen LogP contribution in [-0.2, 0) is 24.8 Å². The molecule has 1 aromatic heterocycles. The molecule has 0 bridgehead atoms. The van der Waals surface area contributed by atoms with Crippen LogP contribution in [0, 0.1) is 0 Å². The van der Waals surface area contributed by atoms with Crippen molar-refractivity contribution in [3.05, 3.63) is 47.8 Å². The number of aryl methyl sites for hydroxylation is 1. The van der Waals surface area contributed by atoms with Gasteiger partial charge in [-0.05, 0) is 42.2 Å². The molecule has 31 heavy (non-hydrogen) atoms. The van der Waals surface area contributed by atoms with E-state index in [9.17, 15) is 4.79 Å². The van der Waals surface area contributed by atoms with Gasteiger partial charge >= 0.3 is 0 Å². The van der Waals surface area contributed by atoms with Crippen molar-refractivity contribution in [3.8, 4) is 11.5 Å². The van der Waals surface area contributed by atoms with Gasteiger partial charge in [0.25, 0.3) is 0 Å². The van der Waals surface area contributed by atoms with Crippen LogP contribution in [0.4, 0.5) is 0 Å². The summed E-state index contributed by atoms with van der Waals surface area (Å²) in [7, 11) is 2.00. The van der Waals surface area contributed by atoms with Crippen LogP contribution in [0.25, 0.3) is 0 Å². The van der Waals surface area contributed by atoms with Crippen LogP contribution in [0.2, 0.25) is 0 Å². The van der Waals surface area contributed by atoms with E-state index in [0.29, 0.717) is 19.3 Å². The molecule has 0 saturated carbocycles. The van der Waals surface area contributed by atoms with E-state index in [1.807, 2.05) is 36.1 Å². The highest BCUT2D eigenvalue weighted by Crippen LogP contribution is 2.33. The Hall–Kier alpha value is -2.51. The predicted octanol–water partition coefficient (Wildman–Crippen LogP) is 2.11. The van der Waals surface area contributed by atoms with Crippen LogP contribution in [0.1, 0.15) is 24.0 Å². The summed E-state index contributed by atoms with van der Waals surface area (Å²) in [5.41, 5.74) is 2.37. The first kappa shape index (κ1) is 20.4. The maximum atomic E-state index is 12.8. The van der Waals surface area contributed by atoms with Crippen molar-refractivity contribution in [2.45, 2.75) is 31.8 Å². The zero-order valence-electron chi connectivity index (χ0n) is 18.3. The molecule has 3 aliphatic rings. The molecule has 2 aromatic rings. The van der Waals surface area contributed by atoms with E-state index in [4.69, 9.17) is 9.47 Å². The predicted molar refractivity (Wildman–Crippen MR) is 118 cm³/mol. The monoisotopic (exact) mass is 424 g/mol. The van der Waals surface area contributed by atoms with E-state index < -0.39 is 0 Å². The van der Waals surface area contributed by atoms with Gasteiger partial charge in [0.15, 0.2) is 11.5 Å². The second-order valence-electron chi connectivity index (χ2n) is 9.00. The molecule has 2 saturated heterocycles. The first-order valence-corrected chi connectivity index (χ1v) is 11.4. The number of ether oxygens (including phenoxy) is 2. The quantitative estimate of drug-likeness (QED) is 0.736. The molecule has 3 aliphatic heterocycles. The molecule has 0 N–H and O–H groups in total. The van der Waals surface area contributed by atoms with Crippen molar-refractivity contribution in [1.29, 1.82) is 0 Å². The number of piperazine rings is 1. The summed E-state index contributed by atoms with van der Waals surface area (Å²) in [6, 6.07) is 8.78. The lowest BCUT2D eigenvalue weighted by Crippen LogP contribution is -2.55. The minimum atomic E-state index is 0.261. The van der Waals surface area contributed by atoms with Crippen LogP contribution in [0.15, 0.2) is 36.7 Å². The Morgan fingerprint density at radius 2 is 1.87 bits per heavy atom. The molecule has 7 nitrogen and oxygen atoms in total. The highest BCUT2D eigenvalue weighted by atomic mass is 16.7. The Balaban J connectivity index is 1.11. The van der Waals surface area contributed by atoms with Gasteiger partial charge in [-0.1, -0.05) is 6.07 Å². The van der Waals surface area contributed by atoms with E-state index in [2.05, 4.69) is 26.8 Å². The highest BCUT2D eigenvalue weighted by molar-refractivity contribution is 5.78. The van der Waals surface area contributed by atoms with Crippen molar-refractivity contribution in [1.82, 2.24) is 19.3 Å². The average Bonchev–Trinajstić information content (AvgIpc) is 3.42. The lowest BCUT2D eigenvalue weighted by atomic mass is 10.0. The number of fused-ring (bicyclic) bond motifs is 1. The third-order valence-corrected chi connectivity index (χ3v) is 6.76. The zero-order chi connectivity index (χ0) is 21.2. The van der Waals surface area contributed by atoms with Crippen molar-refractivity contribution >= 4 is 5.91 Å². The lowest BCUT2D eigenvalue weighted by molar-refractivity contribution is -0.132. The number of nitrogens with zero attached hydrogens (tertiary/aromatic N) is 4. The van der Waals surface area contributed by atoms with Crippen molar-refractivity contribution in [3.63, 3.8) is 0 Å². The first-order valence-electron chi connectivity index (χ1n) is 11.4. The molecule has 0 radical (unpaired) electrons. The van der Waals surface area contributed by atoms with Crippen LogP contribution in [-0.4, -0.2) is 77.3 Å². The van der Waals surface area contributed by atoms with Crippen LogP contribution in [0.3, 0.4) is 0 Å². The van der Waals surface area contributed by atoms with Gasteiger partial charge in [0.1, 0.15) is 0 Å². The first-order chi connectivity index (χ1) is 15.1. The summed E-state index contributed by atoms with van der Waals surface area (Å²) in [4.78, 5) is 20.0. The number of carbonyl (C=O) groups excluding carboxylic acids is 1. The van der Waals surface area contributed by atoms with Crippen molar-refractivity contribution in [2.24, 2.45) is 7.05 Å². The minimum Gasteiger partial charge on any atom is -0.454 e. The second kappa shape index (κ2) is 8.93. The number of rotatable bonds is 5. The number of likely N-dealkylation sites (tertiary alicyclic amines) is 1. The van der Waals surface area contributed by atoms with Gasteiger partial charge in [0.2, 0.25) is 12.7 Å².